The van der Waals surface area contributed by atoms with Crippen LogP contribution in [0.5, 0.6) is 0 Å². The number of carboxylic acids is 1. The molecule has 0 radical (unpaired) electrons. The molecule has 0 aliphatic carbocycles. The number of carbonyl (C=O) groups is 4. The fourth-order valence-electron chi connectivity index (χ4n) is 3.41. The number of hydrogen-bond donors (Lipinski definition) is 7. The number of nitrogens with zero attached hydrogens (tertiary/aromatic N) is 1. The lowest BCUT2D eigenvalue weighted by Gasteiger charge is -2.26. The van der Waals surface area contributed by atoms with Gasteiger partial charge in [0, 0.05) is 6.54 Å². The summed E-state index contributed by atoms with van der Waals surface area (Å²) in [6, 6.07) is -3.77. The highest BCUT2D eigenvalue weighted by Crippen LogP contribution is 2.10. The van der Waals surface area contributed by atoms with E-state index >= 15 is 0 Å². The fourth-order valence-corrected chi connectivity index (χ4v) is 3.88. The van der Waals surface area contributed by atoms with E-state index in [-0.39, 0.29) is 37.2 Å². The van der Waals surface area contributed by atoms with Gasteiger partial charge in [0.1, 0.15) is 18.1 Å². The molecule has 13 heteroatoms. The van der Waals surface area contributed by atoms with Crippen molar-refractivity contribution in [3.63, 3.8) is 0 Å². The van der Waals surface area contributed by atoms with Crippen molar-refractivity contribution in [2.24, 2.45) is 34.0 Å². The maximum Gasteiger partial charge on any atom is 0.326 e. The van der Waals surface area contributed by atoms with Crippen LogP contribution >= 0.6 is 11.8 Å². The molecule has 4 unspecified atom stereocenters. The van der Waals surface area contributed by atoms with Gasteiger partial charge in [-0.1, -0.05) is 27.7 Å². The number of carboxylic acid groups (broad SMARTS) is 1. The van der Waals surface area contributed by atoms with E-state index < -0.39 is 47.9 Å². The van der Waals surface area contributed by atoms with Crippen molar-refractivity contribution in [3.8, 4) is 0 Å². The largest absolute Gasteiger partial charge is 0.480 e. The van der Waals surface area contributed by atoms with Crippen LogP contribution < -0.4 is 33.2 Å². The number of amides is 3. The zero-order chi connectivity index (χ0) is 27.8. The van der Waals surface area contributed by atoms with Gasteiger partial charge < -0.3 is 38.3 Å². The molecule has 10 N–H and O–H groups in total. The topological polar surface area (TPSA) is 215 Å². The van der Waals surface area contributed by atoms with E-state index in [2.05, 4.69) is 20.9 Å². The minimum absolute atomic E-state index is 0.0323. The van der Waals surface area contributed by atoms with Gasteiger partial charge >= 0.3 is 5.97 Å². The highest BCUT2D eigenvalue weighted by Gasteiger charge is 2.30. The van der Waals surface area contributed by atoms with Gasteiger partial charge in [-0.25, -0.2) is 4.79 Å². The Morgan fingerprint density at radius 2 is 1.36 bits per heavy atom. The number of aliphatic carboxylic acids is 1. The van der Waals surface area contributed by atoms with E-state index in [1.807, 2.05) is 34.0 Å². The fraction of sp³-hybridized carbons (Fsp3) is 0.783. The molecule has 0 bridgehead atoms. The molecule has 0 saturated carbocycles. The van der Waals surface area contributed by atoms with Crippen LogP contribution in [0, 0.1) is 11.8 Å². The summed E-state index contributed by atoms with van der Waals surface area (Å²) in [5.41, 5.74) is 16.5. The van der Waals surface area contributed by atoms with E-state index in [0.717, 1.165) is 0 Å². The molecular weight excluding hydrogens is 486 g/mol. The number of guanidine groups is 1. The monoisotopic (exact) mass is 531 g/mol. The average Bonchev–Trinajstić information content (AvgIpc) is 2.76. The quantitative estimate of drug-likeness (QED) is 0.0704. The molecule has 0 saturated heterocycles. The second-order valence-corrected chi connectivity index (χ2v) is 10.6. The molecule has 0 heterocycles. The lowest BCUT2D eigenvalue weighted by molar-refractivity contribution is -0.142. The summed E-state index contributed by atoms with van der Waals surface area (Å²) < 4.78 is 0. The zero-order valence-electron chi connectivity index (χ0n) is 22.1. The normalized spacial score (nSPS) is 14.4. The first-order valence-corrected chi connectivity index (χ1v) is 13.6. The summed E-state index contributed by atoms with van der Waals surface area (Å²) in [7, 11) is 0. The molecule has 0 aliphatic heterocycles. The van der Waals surface area contributed by atoms with Crippen molar-refractivity contribution >= 4 is 41.4 Å². The minimum atomic E-state index is -1.20. The van der Waals surface area contributed by atoms with Crippen LogP contribution in [0.4, 0.5) is 0 Å². The number of aliphatic imine (C=N–C) groups is 1. The Bertz CT molecular complexity index is 744. The number of nitrogens with one attached hydrogen (secondary N) is 3. The van der Waals surface area contributed by atoms with Crippen molar-refractivity contribution in [3.05, 3.63) is 0 Å². The number of nitrogens with two attached hydrogens (primary N) is 3. The van der Waals surface area contributed by atoms with Gasteiger partial charge in [0.05, 0.1) is 6.04 Å². The number of hydrogen-bond acceptors (Lipinski definition) is 7. The van der Waals surface area contributed by atoms with Crippen LogP contribution in [0.2, 0.25) is 0 Å². The molecule has 208 valence electrons. The maximum atomic E-state index is 13.1. The van der Waals surface area contributed by atoms with Gasteiger partial charge in [-0.3, -0.25) is 19.4 Å². The lowest BCUT2D eigenvalue weighted by Crippen LogP contribution is -2.57. The molecular formula is C23H45N7O5S. The second kappa shape index (κ2) is 17.8. The van der Waals surface area contributed by atoms with Crippen LogP contribution in [-0.2, 0) is 19.2 Å². The van der Waals surface area contributed by atoms with E-state index in [4.69, 9.17) is 17.2 Å². The molecule has 0 fully saturated rings. The van der Waals surface area contributed by atoms with Gasteiger partial charge in [-0.2, -0.15) is 11.8 Å². The summed E-state index contributed by atoms with van der Waals surface area (Å²) in [5.74, 6) is -2.01. The Labute approximate surface area is 218 Å². The minimum Gasteiger partial charge on any atom is -0.480 e. The third-order valence-electron chi connectivity index (χ3n) is 5.21. The number of thioether (sulfide) groups is 1. The molecule has 0 rings (SSSR count). The van der Waals surface area contributed by atoms with Crippen LogP contribution in [-0.4, -0.2) is 77.5 Å². The summed E-state index contributed by atoms with van der Waals surface area (Å²) in [5, 5.41) is 17.4. The maximum absolute atomic E-state index is 13.1. The zero-order valence-corrected chi connectivity index (χ0v) is 22.9. The number of carbonyl (C=O) groups excluding carboxylic acids is 3. The van der Waals surface area contributed by atoms with Crippen molar-refractivity contribution in [2.45, 2.75) is 84.0 Å². The predicted octanol–water partition coefficient (Wildman–Crippen LogP) is -0.248. The smallest absolute Gasteiger partial charge is 0.326 e. The third-order valence-corrected chi connectivity index (χ3v) is 5.85. The molecule has 12 nitrogen and oxygen atoms in total. The van der Waals surface area contributed by atoms with E-state index in [1.54, 1.807) is 0 Å². The van der Waals surface area contributed by atoms with E-state index in [9.17, 15) is 24.3 Å². The molecule has 4 atom stereocenters. The molecule has 0 aromatic heterocycles. The number of rotatable bonds is 18. The van der Waals surface area contributed by atoms with Crippen molar-refractivity contribution in [1.82, 2.24) is 16.0 Å². The second-order valence-electron chi connectivity index (χ2n) is 9.62. The third kappa shape index (κ3) is 14.8. The molecule has 0 aromatic rings. The van der Waals surface area contributed by atoms with Crippen LogP contribution in [0.3, 0.4) is 0 Å². The SMILES string of the molecule is CSCCC(NC(=O)C(N)CC(C)C)C(=O)NC(CC(C)C)C(=O)NC(CCCN=C(N)N)C(=O)O. The van der Waals surface area contributed by atoms with Crippen molar-refractivity contribution in [1.29, 1.82) is 0 Å². The molecule has 0 aliphatic rings. The Morgan fingerprint density at radius 3 is 1.86 bits per heavy atom. The lowest BCUT2D eigenvalue weighted by atomic mass is 10.0. The Kier molecular flexibility index (Phi) is 16.6. The highest BCUT2D eigenvalue weighted by atomic mass is 32.2. The van der Waals surface area contributed by atoms with Crippen molar-refractivity contribution in [2.75, 3.05) is 18.6 Å². The Balaban J connectivity index is 5.43. The summed E-state index contributed by atoms with van der Waals surface area (Å²) >= 11 is 1.52. The molecule has 36 heavy (non-hydrogen) atoms. The van der Waals surface area contributed by atoms with E-state index in [1.165, 1.54) is 11.8 Å². The molecule has 3 amide bonds. The Hall–Kier alpha value is -2.54. The van der Waals surface area contributed by atoms with Gasteiger partial charge in [-0.05, 0) is 55.9 Å². The van der Waals surface area contributed by atoms with Gasteiger partial charge in [0.2, 0.25) is 17.7 Å². The first-order chi connectivity index (χ1) is 16.8. The molecule has 0 aromatic carbocycles. The van der Waals surface area contributed by atoms with Crippen LogP contribution in [0.1, 0.15) is 59.8 Å². The summed E-state index contributed by atoms with van der Waals surface area (Å²) in [6.45, 7) is 7.89. The van der Waals surface area contributed by atoms with Gasteiger partial charge in [-0.15, -0.1) is 0 Å². The Morgan fingerprint density at radius 1 is 0.833 bits per heavy atom. The highest BCUT2D eigenvalue weighted by molar-refractivity contribution is 7.98. The van der Waals surface area contributed by atoms with Crippen LogP contribution in [0.25, 0.3) is 0 Å². The first kappa shape index (κ1) is 33.5. The first-order valence-electron chi connectivity index (χ1n) is 12.2. The average molecular weight is 532 g/mol. The van der Waals surface area contributed by atoms with Crippen molar-refractivity contribution < 1.29 is 24.3 Å². The van der Waals surface area contributed by atoms with Crippen LogP contribution in [0.15, 0.2) is 4.99 Å². The summed E-state index contributed by atoms with van der Waals surface area (Å²) in [4.78, 5) is 54.1. The standard InChI is InChI=1S/C23H45N7O5S/c1-13(2)11-15(24)19(31)28-16(8-10-36-5)20(32)30-18(12-14(3)4)21(33)29-17(22(34)35)7-6-9-27-23(25)26/h13-18H,6-12,24H2,1-5H3,(H,28,31)(H,29,33)(H,30,32)(H,34,35)(H4,25,26,27). The summed E-state index contributed by atoms with van der Waals surface area (Å²) in [6.07, 6.45) is 3.45. The molecule has 0 spiro atoms. The predicted molar refractivity (Wildman–Crippen MR) is 143 cm³/mol. The van der Waals surface area contributed by atoms with E-state index in [0.29, 0.717) is 25.0 Å². The van der Waals surface area contributed by atoms with Gasteiger partial charge in [0.15, 0.2) is 5.96 Å². The van der Waals surface area contributed by atoms with Gasteiger partial charge in [0.25, 0.3) is 0 Å².